The summed E-state index contributed by atoms with van der Waals surface area (Å²) >= 11 is 0. The van der Waals surface area contributed by atoms with Crippen molar-refractivity contribution in [2.24, 2.45) is 0 Å². The fourth-order valence-electron chi connectivity index (χ4n) is 2.72. The molecule has 140 valence electrons. The van der Waals surface area contributed by atoms with Gasteiger partial charge in [-0.25, -0.2) is 8.42 Å². The number of hydrogen-bond donors (Lipinski definition) is 0. The number of benzene rings is 1. The van der Waals surface area contributed by atoms with Crippen LogP contribution in [0, 0.1) is 0 Å². The van der Waals surface area contributed by atoms with Crippen LogP contribution in [0.2, 0.25) is 0 Å². The highest BCUT2D eigenvalue weighted by molar-refractivity contribution is 7.89. The summed E-state index contributed by atoms with van der Waals surface area (Å²) in [6.07, 6.45) is 3.50. The highest BCUT2D eigenvalue weighted by Gasteiger charge is 2.34. The summed E-state index contributed by atoms with van der Waals surface area (Å²) in [5, 5.41) is 0. The van der Waals surface area contributed by atoms with Crippen LogP contribution in [0.4, 0.5) is 0 Å². The van der Waals surface area contributed by atoms with Crippen molar-refractivity contribution < 1.29 is 17.6 Å². The topological polar surface area (TPSA) is 70.8 Å². The number of nitrogens with zero attached hydrogens (tertiary/aromatic N) is 2. The van der Waals surface area contributed by atoms with Crippen LogP contribution in [0.25, 0.3) is 0 Å². The molecule has 1 aromatic heterocycles. The average molecular weight is 376 g/mol. The Labute approximate surface area is 154 Å². The summed E-state index contributed by atoms with van der Waals surface area (Å²) in [5.74, 6) is 0.543. The zero-order chi connectivity index (χ0) is 18.9. The van der Waals surface area contributed by atoms with Gasteiger partial charge in [-0.15, -0.1) is 0 Å². The number of amides is 1. The Bertz CT molecular complexity index is 871. The number of carbonyl (C=O) groups is 1. The van der Waals surface area contributed by atoms with Gasteiger partial charge in [0.1, 0.15) is 5.76 Å². The Morgan fingerprint density at radius 2 is 1.96 bits per heavy atom. The van der Waals surface area contributed by atoms with Gasteiger partial charge in [-0.05, 0) is 57.0 Å². The molecule has 1 amide bonds. The minimum Gasteiger partial charge on any atom is -0.467 e. The molecule has 3 rings (SSSR count). The summed E-state index contributed by atoms with van der Waals surface area (Å²) in [7, 11) is -2.09. The second kappa shape index (κ2) is 7.25. The van der Waals surface area contributed by atoms with Crippen LogP contribution in [0.1, 0.15) is 42.8 Å². The molecule has 0 saturated heterocycles. The quantitative estimate of drug-likeness (QED) is 0.744. The lowest BCUT2D eigenvalue weighted by molar-refractivity contribution is 0.0717. The predicted octanol–water partition coefficient (Wildman–Crippen LogP) is 3.11. The van der Waals surface area contributed by atoms with Gasteiger partial charge in [0, 0.05) is 24.7 Å². The van der Waals surface area contributed by atoms with E-state index < -0.39 is 10.0 Å². The van der Waals surface area contributed by atoms with Crippen LogP contribution in [0.3, 0.4) is 0 Å². The monoisotopic (exact) mass is 376 g/mol. The molecular weight excluding hydrogens is 352 g/mol. The van der Waals surface area contributed by atoms with E-state index >= 15 is 0 Å². The molecule has 0 N–H and O–H groups in total. The van der Waals surface area contributed by atoms with E-state index in [1.54, 1.807) is 36.4 Å². The molecule has 1 aliphatic rings. The average Bonchev–Trinajstić information content (AvgIpc) is 3.34. The fourth-order valence-corrected chi connectivity index (χ4v) is 4.14. The molecule has 2 aromatic rings. The predicted molar refractivity (Wildman–Crippen MR) is 98.1 cm³/mol. The molecule has 6 nitrogen and oxygen atoms in total. The summed E-state index contributed by atoms with van der Waals surface area (Å²) in [6, 6.07) is 9.92. The second-order valence-corrected chi connectivity index (χ2v) is 8.88. The molecule has 26 heavy (non-hydrogen) atoms. The van der Waals surface area contributed by atoms with Gasteiger partial charge in [-0.3, -0.25) is 4.79 Å². The molecule has 1 saturated carbocycles. The lowest BCUT2D eigenvalue weighted by Crippen LogP contribution is -2.34. The van der Waals surface area contributed by atoms with Crippen molar-refractivity contribution in [2.45, 2.75) is 50.2 Å². The van der Waals surface area contributed by atoms with Crippen LogP contribution in [0.5, 0.6) is 0 Å². The van der Waals surface area contributed by atoms with Gasteiger partial charge in [0.15, 0.2) is 0 Å². The molecule has 7 heteroatoms. The van der Waals surface area contributed by atoms with E-state index in [9.17, 15) is 13.2 Å². The molecule has 1 aromatic carbocycles. The Morgan fingerprint density at radius 3 is 2.54 bits per heavy atom. The summed E-state index contributed by atoms with van der Waals surface area (Å²) in [5.41, 5.74) is 0.377. The first kappa shape index (κ1) is 18.7. The number of hydrogen-bond acceptors (Lipinski definition) is 4. The molecule has 1 aliphatic carbocycles. The largest absolute Gasteiger partial charge is 0.467 e. The van der Waals surface area contributed by atoms with Gasteiger partial charge in [0.25, 0.3) is 5.91 Å². The maximum atomic E-state index is 13.0. The van der Waals surface area contributed by atoms with Crippen LogP contribution in [-0.2, 0) is 16.6 Å². The van der Waals surface area contributed by atoms with E-state index in [-0.39, 0.29) is 22.9 Å². The molecule has 0 radical (unpaired) electrons. The smallest absolute Gasteiger partial charge is 0.254 e. The van der Waals surface area contributed by atoms with Gasteiger partial charge >= 0.3 is 0 Å². The van der Waals surface area contributed by atoms with Crippen LogP contribution in [0.15, 0.2) is 52.0 Å². The summed E-state index contributed by atoms with van der Waals surface area (Å²) in [4.78, 5) is 14.9. The van der Waals surface area contributed by atoms with Crippen molar-refractivity contribution in [1.82, 2.24) is 9.21 Å². The molecule has 1 fully saturated rings. The Morgan fingerprint density at radius 1 is 1.23 bits per heavy atom. The van der Waals surface area contributed by atoms with Gasteiger partial charge < -0.3 is 9.32 Å². The Balaban J connectivity index is 1.88. The molecule has 0 unspecified atom stereocenters. The third-order valence-corrected chi connectivity index (χ3v) is 6.67. The first-order valence-corrected chi connectivity index (χ1v) is 10.2. The molecule has 0 atom stereocenters. The van der Waals surface area contributed by atoms with Crippen molar-refractivity contribution in [3.63, 3.8) is 0 Å². The maximum absolute atomic E-state index is 13.0. The number of sulfonamides is 1. The third-order valence-electron chi connectivity index (χ3n) is 4.64. The van der Waals surface area contributed by atoms with Gasteiger partial charge in [0.2, 0.25) is 10.0 Å². The highest BCUT2D eigenvalue weighted by Crippen LogP contribution is 2.30. The summed E-state index contributed by atoms with van der Waals surface area (Å²) < 4.78 is 32.1. The number of furan rings is 1. The lowest BCUT2D eigenvalue weighted by atomic mass is 10.2. The van der Waals surface area contributed by atoms with E-state index in [0.717, 1.165) is 12.8 Å². The van der Waals surface area contributed by atoms with E-state index in [0.29, 0.717) is 17.9 Å². The first-order valence-electron chi connectivity index (χ1n) is 8.72. The van der Waals surface area contributed by atoms with Crippen molar-refractivity contribution in [3.05, 3.63) is 54.0 Å². The molecule has 0 aliphatic heterocycles. The maximum Gasteiger partial charge on any atom is 0.254 e. The Hall–Kier alpha value is -2.12. The Kier molecular flexibility index (Phi) is 5.20. The van der Waals surface area contributed by atoms with Gasteiger partial charge in [-0.2, -0.15) is 4.31 Å². The second-order valence-electron chi connectivity index (χ2n) is 6.89. The minimum absolute atomic E-state index is 0.133. The van der Waals surface area contributed by atoms with E-state index in [1.165, 1.54) is 16.4 Å². The lowest BCUT2D eigenvalue weighted by Gasteiger charge is -2.23. The van der Waals surface area contributed by atoms with Gasteiger partial charge in [0.05, 0.1) is 17.7 Å². The van der Waals surface area contributed by atoms with Crippen molar-refractivity contribution in [1.29, 1.82) is 0 Å². The zero-order valence-corrected chi connectivity index (χ0v) is 16.1. The van der Waals surface area contributed by atoms with Crippen LogP contribution >= 0.6 is 0 Å². The normalized spacial score (nSPS) is 14.8. The van der Waals surface area contributed by atoms with Crippen LogP contribution < -0.4 is 0 Å². The van der Waals surface area contributed by atoms with E-state index in [2.05, 4.69) is 0 Å². The fraction of sp³-hybridized carbons (Fsp3) is 0.421. The summed E-state index contributed by atoms with van der Waals surface area (Å²) in [6.45, 7) is 4.01. The SMILES string of the molecule is CC(C)N(C)S(=O)(=O)c1cccc(C(=O)N(Cc2ccco2)C2CC2)c1. The van der Waals surface area contributed by atoms with E-state index in [4.69, 9.17) is 4.42 Å². The minimum atomic E-state index is -3.63. The van der Waals surface area contributed by atoms with Gasteiger partial charge in [-0.1, -0.05) is 6.07 Å². The van der Waals surface area contributed by atoms with Crippen LogP contribution in [-0.4, -0.2) is 42.7 Å². The molecule has 0 spiro atoms. The van der Waals surface area contributed by atoms with Crippen molar-refractivity contribution in [2.75, 3.05) is 7.05 Å². The number of carbonyl (C=O) groups excluding carboxylic acids is 1. The van der Waals surface area contributed by atoms with E-state index in [1.807, 2.05) is 19.9 Å². The number of rotatable bonds is 7. The molecular formula is C19H24N2O4S. The van der Waals surface area contributed by atoms with Crippen molar-refractivity contribution in [3.8, 4) is 0 Å². The standard InChI is InChI=1S/C19H24N2O4S/c1-14(2)20(3)26(23,24)18-8-4-6-15(12-18)19(22)21(16-9-10-16)13-17-7-5-11-25-17/h4-8,11-12,14,16H,9-10,13H2,1-3H3. The molecule has 1 heterocycles. The zero-order valence-electron chi connectivity index (χ0n) is 15.3. The molecule has 0 bridgehead atoms. The first-order chi connectivity index (χ1) is 12.3. The highest BCUT2D eigenvalue weighted by atomic mass is 32.2. The third kappa shape index (κ3) is 3.83. The van der Waals surface area contributed by atoms with Crippen molar-refractivity contribution >= 4 is 15.9 Å².